The number of hydrogen-bond donors (Lipinski definition) is 5. The molecular weight excluding hydrogens is 488 g/mol. The van der Waals surface area contributed by atoms with Gasteiger partial charge in [0.2, 0.25) is 11.8 Å². The number of rotatable bonds is 15. The third kappa shape index (κ3) is 11.4. The lowest BCUT2D eigenvalue weighted by molar-refractivity contribution is -0.126. The summed E-state index contributed by atoms with van der Waals surface area (Å²) >= 11 is 1.24. The van der Waals surface area contributed by atoms with Crippen molar-refractivity contribution in [1.82, 2.24) is 25.0 Å². The van der Waals surface area contributed by atoms with Crippen LogP contribution < -0.4 is 20.7 Å². The molecule has 0 saturated carbocycles. The predicted molar refractivity (Wildman–Crippen MR) is 138 cm³/mol. The van der Waals surface area contributed by atoms with Crippen LogP contribution in [0.5, 0.6) is 0 Å². The topological polar surface area (TPSA) is 106 Å². The minimum absolute atomic E-state index is 0.00353. The van der Waals surface area contributed by atoms with Gasteiger partial charge in [0.25, 0.3) is 0 Å². The third-order valence-electron chi connectivity index (χ3n) is 5.20. The van der Waals surface area contributed by atoms with Crippen LogP contribution in [0.25, 0.3) is 0 Å². The molecule has 0 bridgehead atoms. The van der Waals surface area contributed by atoms with E-state index in [0.29, 0.717) is 12.1 Å². The largest absolute Gasteiger partial charge is 0.390 e. The average Bonchev–Trinajstić information content (AvgIpc) is 2.81. The fourth-order valence-corrected chi connectivity index (χ4v) is 3.91. The first-order valence-corrected chi connectivity index (χ1v) is 12.5. The summed E-state index contributed by atoms with van der Waals surface area (Å²) < 4.78 is 32.0. The zero-order chi connectivity index (χ0) is 26.5. The average molecular weight is 524 g/mol. The van der Waals surface area contributed by atoms with E-state index >= 15 is 0 Å². The Morgan fingerprint density at radius 2 is 1.69 bits per heavy atom. The monoisotopic (exact) mass is 523 g/mol. The van der Waals surface area contributed by atoms with Gasteiger partial charge in [0.15, 0.2) is 0 Å². The predicted octanol–water partition coefficient (Wildman–Crippen LogP) is 1.54. The van der Waals surface area contributed by atoms with Crippen LogP contribution in [0, 0.1) is 11.6 Å². The van der Waals surface area contributed by atoms with Gasteiger partial charge in [0.05, 0.1) is 25.2 Å². The molecule has 8 nitrogen and oxygen atoms in total. The van der Waals surface area contributed by atoms with Gasteiger partial charge in [0, 0.05) is 31.3 Å². The number of nitrogens with zero attached hydrogens (tertiary/aromatic N) is 1. The number of nitrogens with one attached hydrogen (secondary N) is 4. The summed E-state index contributed by atoms with van der Waals surface area (Å²) in [5, 5.41) is 19.2. The van der Waals surface area contributed by atoms with Crippen molar-refractivity contribution in [1.29, 1.82) is 0 Å². The van der Waals surface area contributed by atoms with Gasteiger partial charge in [-0.15, -0.1) is 0 Å². The smallest absolute Gasteiger partial charge is 0.239 e. The molecule has 0 aromatic heterocycles. The first-order valence-electron chi connectivity index (χ1n) is 11.7. The Morgan fingerprint density at radius 1 is 1.00 bits per heavy atom. The number of benzene rings is 2. The molecule has 2 rings (SSSR count). The van der Waals surface area contributed by atoms with Gasteiger partial charge in [-0.25, -0.2) is 17.8 Å². The lowest BCUT2D eigenvalue weighted by atomic mass is 10.0. The lowest BCUT2D eigenvalue weighted by Crippen LogP contribution is -2.51. The summed E-state index contributed by atoms with van der Waals surface area (Å²) in [5.74, 6) is -2.39. The van der Waals surface area contributed by atoms with Crippen molar-refractivity contribution in [2.24, 2.45) is 0 Å². The maximum atomic E-state index is 13.7. The number of carbonyl (C=O) groups excluding carboxylic acids is 2. The molecule has 0 saturated heterocycles. The van der Waals surface area contributed by atoms with Crippen LogP contribution in [0.4, 0.5) is 8.78 Å². The Kier molecular flexibility index (Phi) is 12.8. The van der Waals surface area contributed by atoms with E-state index < -0.39 is 29.7 Å². The highest BCUT2D eigenvalue weighted by atomic mass is 32.2. The van der Waals surface area contributed by atoms with Crippen molar-refractivity contribution in [3.05, 3.63) is 70.8 Å². The van der Waals surface area contributed by atoms with Crippen LogP contribution in [0.1, 0.15) is 23.6 Å². The number of aliphatic hydroxyl groups excluding tert-OH is 1. The van der Waals surface area contributed by atoms with Crippen molar-refractivity contribution < 1.29 is 23.5 Å². The van der Waals surface area contributed by atoms with Crippen LogP contribution >= 0.6 is 12.1 Å². The molecule has 0 spiro atoms. The quantitative estimate of drug-likeness (QED) is 0.226. The van der Waals surface area contributed by atoms with E-state index in [-0.39, 0.29) is 32.0 Å². The van der Waals surface area contributed by atoms with Gasteiger partial charge in [-0.05, 0) is 55.8 Å². The first kappa shape index (κ1) is 29.7. The van der Waals surface area contributed by atoms with Crippen molar-refractivity contribution in [3.8, 4) is 0 Å². The van der Waals surface area contributed by atoms with Gasteiger partial charge in [0.1, 0.15) is 11.6 Å². The summed E-state index contributed by atoms with van der Waals surface area (Å²) in [6.45, 7) is 2.42. The van der Waals surface area contributed by atoms with Crippen molar-refractivity contribution in [2.75, 3.05) is 33.7 Å². The second-order valence-electron chi connectivity index (χ2n) is 8.53. The summed E-state index contributed by atoms with van der Waals surface area (Å²) in [4.78, 5) is 24.4. The van der Waals surface area contributed by atoms with Gasteiger partial charge >= 0.3 is 0 Å². The van der Waals surface area contributed by atoms with Crippen LogP contribution in [0.15, 0.2) is 42.5 Å². The Balaban J connectivity index is 1.96. The molecule has 2 amide bonds. The number of aryl methyl sites for hydroxylation is 1. The van der Waals surface area contributed by atoms with E-state index in [1.807, 2.05) is 32.3 Å². The summed E-state index contributed by atoms with van der Waals surface area (Å²) in [6, 6.07) is 10.3. The minimum Gasteiger partial charge on any atom is -0.390 e. The van der Waals surface area contributed by atoms with E-state index in [1.54, 1.807) is 4.31 Å². The summed E-state index contributed by atoms with van der Waals surface area (Å²) in [6.07, 6.45) is -0.136. The molecule has 0 radical (unpaired) electrons. The SMILES string of the molecule is CCc1cccc(CNCC(O)C(Cc2cc(F)cc(F)c2)NC(=O)CNC(=O)CNSN(C)C)c1. The number of carbonyl (C=O) groups is 2. The highest BCUT2D eigenvalue weighted by molar-refractivity contribution is 7.95. The molecule has 5 N–H and O–H groups in total. The molecule has 11 heteroatoms. The zero-order valence-electron chi connectivity index (χ0n) is 20.8. The van der Waals surface area contributed by atoms with E-state index in [0.717, 1.165) is 30.2 Å². The molecule has 0 aliphatic heterocycles. The van der Waals surface area contributed by atoms with Crippen molar-refractivity contribution in [2.45, 2.75) is 38.5 Å². The lowest BCUT2D eigenvalue weighted by Gasteiger charge is -2.25. The molecule has 0 aliphatic rings. The zero-order valence-corrected chi connectivity index (χ0v) is 21.6. The molecule has 0 heterocycles. The van der Waals surface area contributed by atoms with E-state index in [1.165, 1.54) is 17.7 Å². The highest BCUT2D eigenvalue weighted by Gasteiger charge is 2.22. The number of aliphatic hydroxyl groups is 1. The fourth-order valence-electron chi connectivity index (χ4n) is 3.46. The molecule has 2 unspecified atom stereocenters. The molecule has 2 aromatic carbocycles. The fraction of sp³-hybridized carbons (Fsp3) is 0.440. The van der Waals surface area contributed by atoms with Crippen molar-refractivity contribution in [3.63, 3.8) is 0 Å². The van der Waals surface area contributed by atoms with Crippen LogP contribution in [-0.4, -0.2) is 67.1 Å². The Labute approximate surface area is 215 Å². The normalized spacial score (nSPS) is 12.9. The van der Waals surface area contributed by atoms with Crippen molar-refractivity contribution >= 4 is 23.9 Å². The second kappa shape index (κ2) is 15.5. The first-order chi connectivity index (χ1) is 17.2. The van der Waals surface area contributed by atoms with Crippen LogP contribution in [0.3, 0.4) is 0 Å². The molecular formula is C25H35F2N5O3S. The van der Waals surface area contributed by atoms with Crippen LogP contribution in [0.2, 0.25) is 0 Å². The second-order valence-corrected chi connectivity index (χ2v) is 9.73. The van der Waals surface area contributed by atoms with Gasteiger partial charge in [-0.3, -0.25) is 9.59 Å². The number of amides is 2. The Morgan fingerprint density at radius 3 is 2.36 bits per heavy atom. The molecule has 36 heavy (non-hydrogen) atoms. The highest BCUT2D eigenvalue weighted by Crippen LogP contribution is 2.12. The Hall–Kier alpha value is -2.57. The Bertz CT molecular complexity index is 976. The number of hydrogen-bond acceptors (Lipinski definition) is 7. The standard InChI is InChI=1S/C25H35F2N5O3S/c1-4-17-6-5-7-18(8-17)13-28-14-23(33)22(11-19-9-20(26)12-21(27)10-19)31-25(35)15-29-24(34)16-30-36-32(2)3/h5-10,12,22-23,28,30,33H,4,11,13-16H2,1-3H3,(H,29,34)(H,31,35). The van der Waals surface area contributed by atoms with E-state index in [2.05, 4.69) is 33.7 Å². The van der Waals surface area contributed by atoms with E-state index in [9.17, 15) is 23.5 Å². The molecule has 0 aliphatic carbocycles. The van der Waals surface area contributed by atoms with E-state index in [4.69, 9.17) is 0 Å². The molecule has 2 atom stereocenters. The maximum Gasteiger partial charge on any atom is 0.239 e. The van der Waals surface area contributed by atoms with Crippen LogP contribution in [-0.2, 0) is 29.0 Å². The minimum atomic E-state index is -1.05. The van der Waals surface area contributed by atoms with Gasteiger partial charge in [-0.2, -0.15) is 0 Å². The summed E-state index contributed by atoms with van der Waals surface area (Å²) in [5.41, 5.74) is 2.55. The summed E-state index contributed by atoms with van der Waals surface area (Å²) in [7, 11) is 3.63. The molecule has 2 aromatic rings. The van der Waals surface area contributed by atoms with Gasteiger partial charge in [-0.1, -0.05) is 31.2 Å². The maximum absolute atomic E-state index is 13.7. The molecule has 0 fully saturated rings. The molecule has 198 valence electrons. The van der Waals surface area contributed by atoms with Gasteiger partial charge < -0.3 is 21.1 Å². The third-order valence-corrected chi connectivity index (χ3v) is 5.84. The number of halogens is 2.